The van der Waals surface area contributed by atoms with E-state index >= 15 is 0 Å². The minimum atomic E-state index is -0.865. The number of nitrogens with zero attached hydrogens (tertiary/aromatic N) is 2. The summed E-state index contributed by atoms with van der Waals surface area (Å²) in [5, 5.41) is 8.18. The van der Waals surface area contributed by atoms with Gasteiger partial charge in [-0.25, -0.2) is 8.78 Å². The number of hydrogen-bond donors (Lipinski definition) is 0. The van der Waals surface area contributed by atoms with E-state index in [1.54, 1.807) is 0 Å². The number of fused-ring (bicyclic) bond motifs is 1. The molecule has 0 aliphatic heterocycles. The van der Waals surface area contributed by atoms with E-state index in [4.69, 9.17) is 0 Å². The topological polar surface area (TPSA) is 25.8 Å². The first-order valence-electron chi connectivity index (χ1n) is 3.33. The molecule has 0 saturated heterocycles. The van der Waals surface area contributed by atoms with Crippen LogP contribution in [-0.4, -0.2) is 10.2 Å². The van der Waals surface area contributed by atoms with Crippen LogP contribution in [0.4, 0.5) is 8.78 Å². The molecule has 0 spiro atoms. The molecule has 0 amide bonds. The lowest BCUT2D eigenvalue weighted by atomic mass is 10.2. The second kappa shape index (κ2) is 2.48. The van der Waals surface area contributed by atoms with Crippen LogP contribution in [0, 0.1) is 11.6 Å². The van der Waals surface area contributed by atoms with Gasteiger partial charge in [-0.15, -0.1) is 0 Å². The van der Waals surface area contributed by atoms with Gasteiger partial charge >= 0.3 is 0 Å². The summed E-state index contributed by atoms with van der Waals surface area (Å²) in [5.74, 6) is -1.73. The van der Waals surface area contributed by atoms with Crippen molar-refractivity contribution in [3.63, 3.8) is 0 Å². The molecule has 2 nitrogen and oxygen atoms in total. The molecule has 0 fully saturated rings. The van der Waals surface area contributed by atoms with Crippen LogP contribution in [0.3, 0.4) is 0 Å². The highest BCUT2D eigenvalue weighted by molar-refractivity contribution is 5.80. The highest BCUT2D eigenvalue weighted by Crippen LogP contribution is 2.15. The lowest BCUT2D eigenvalue weighted by Gasteiger charge is -1.96. The number of hydrogen-bond acceptors (Lipinski definition) is 2. The Morgan fingerprint density at radius 2 is 1.25 bits per heavy atom. The fraction of sp³-hybridized carbons (Fsp3) is 0. The van der Waals surface area contributed by atoms with Crippen molar-refractivity contribution in [1.82, 2.24) is 10.2 Å². The van der Waals surface area contributed by atoms with Gasteiger partial charge in [0.2, 0.25) is 0 Å². The molecule has 0 aliphatic rings. The van der Waals surface area contributed by atoms with Crippen LogP contribution in [0.1, 0.15) is 0 Å². The third-order valence-corrected chi connectivity index (χ3v) is 1.59. The van der Waals surface area contributed by atoms with Crippen molar-refractivity contribution >= 4 is 10.8 Å². The van der Waals surface area contributed by atoms with Crippen molar-refractivity contribution in [1.29, 1.82) is 0 Å². The largest absolute Gasteiger partial charge is 0.204 e. The Bertz CT molecular complexity index is 388. The van der Waals surface area contributed by atoms with Crippen LogP contribution in [0.2, 0.25) is 0 Å². The third kappa shape index (κ3) is 1.01. The zero-order valence-corrected chi connectivity index (χ0v) is 5.96. The first-order chi connectivity index (χ1) is 5.77. The maximum Gasteiger partial charge on any atom is 0.159 e. The molecule has 1 aromatic heterocycles. The predicted octanol–water partition coefficient (Wildman–Crippen LogP) is 1.91. The zero-order chi connectivity index (χ0) is 8.55. The van der Waals surface area contributed by atoms with Gasteiger partial charge < -0.3 is 0 Å². The molecule has 0 unspecified atom stereocenters. The van der Waals surface area contributed by atoms with Gasteiger partial charge in [0.25, 0.3) is 0 Å². The minimum Gasteiger partial charge on any atom is -0.204 e. The number of rotatable bonds is 0. The van der Waals surface area contributed by atoms with Gasteiger partial charge in [-0.3, -0.25) is 0 Å². The Morgan fingerprint density at radius 3 is 1.67 bits per heavy atom. The lowest BCUT2D eigenvalue weighted by molar-refractivity contribution is 0.511. The van der Waals surface area contributed by atoms with Crippen molar-refractivity contribution in [2.24, 2.45) is 0 Å². The van der Waals surface area contributed by atoms with Gasteiger partial charge in [0.05, 0.1) is 12.4 Å². The van der Waals surface area contributed by atoms with E-state index in [-0.39, 0.29) is 0 Å². The Hall–Kier alpha value is -1.58. The monoisotopic (exact) mass is 166 g/mol. The maximum atomic E-state index is 12.6. The summed E-state index contributed by atoms with van der Waals surface area (Å²) in [6.45, 7) is 0. The van der Waals surface area contributed by atoms with E-state index in [1.807, 2.05) is 0 Å². The third-order valence-electron chi connectivity index (χ3n) is 1.59. The van der Waals surface area contributed by atoms with Crippen LogP contribution in [-0.2, 0) is 0 Å². The summed E-state index contributed by atoms with van der Waals surface area (Å²) in [6, 6.07) is 2.19. The van der Waals surface area contributed by atoms with E-state index < -0.39 is 11.6 Å². The van der Waals surface area contributed by atoms with Gasteiger partial charge in [-0.1, -0.05) is 0 Å². The molecule has 4 heteroatoms. The molecule has 1 heterocycles. The van der Waals surface area contributed by atoms with Crippen molar-refractivity contribution in [3.8, 4) is 0 Å². The molecule has 2 aromatic rings. The van der Waals surface area contributed by atoms with E-state index in [2.05, 4.69) is 10.2 Å². The highest BCUT2D eigenvalue weighted by atomic mass is 19.2. The maximum absolute atomic E-state index is 12.6. The molecule has 60 valence electrons. The Balaban J connectivity index is 2.84. The second-order valence-corrected chi connectivity index (χ2v) is 2.38. The average Bonchev–Trinajstić information content (AvgIpc) is 2.07. The molecule has 0 radical (unpaired) electrons. The summed E-state index contributed by atoms with van der Waals surface area (Å²) in [6.07, 6.45) is 2.77. The van der Waals surface area contributed by atoms with E-state index in [0.29, 0.717) is 10.8 Å². The molecule has 0 N–H and O–H groups in total. The van der Waals surface area contributed by atoms with Crippen molar-refractivity contribution in [2.45, 2.75) is 0 Å². The first-order valence-corrected chi connectivity index (χ1v) is 3.33. The molecule has 0 saturated carbocycles. The lowest BCUT2D eigenvalue weighted by Crippen LogP contribution is -1.86. The summed E-state index contributed by atoms with van der Waals surface area (Å²) >= 11 is 0. The number of benzene rings is 1. The fourth-order valence-electron chi connectivity index (χ4n) is 0.992. The summed E-state index contributed by atoms with van der Waals surface area (Å²) in [7, 11) is 0. The normalized spacial score (nSPS) is 10.5. The van der Waals surface area contributed by atoms with Gasteiger partial charge in [0, 0.05) is 10.8 Å². The molecular formula is C8H4F2N2. The van der Waals surface area contributed by atoms with Crippen LogP contribution in [0.15, 0.2) is 24.5 Å². The van der Waals surface area contributed by atoms with Crippen LogP contribution in [0.5, 0.6) is 0 Å². The van der Waals surface area contributed by atoms with Gasteiger partial charge in [0.15, 0.2) is 11.6 Å². The fourth-order valence-corrected chi connectivity index (χ4v) is 0.992. The van der Waals surface area contributed by atoms with Crippen molar-refractivity contribution in [2.75, 3.05) is 0 Å². The van der Waals surface area contributed by atoms with Crippen molar-refractivity contribution in [3.05, 3.63) is 36.2 Å². The zero-order valence-electron chi connectivity index (χ0n) is 5.96. The van der Waals surface area contributed by atoms with E-state index in [9.17, 15) is 8.78 Å². The summed E-state index contributed by atoms with van der Waals surface area (Å²) in [5.41, 5.74) is 0. The summed E-state index contributed by atoms with van der Waals surface area (Å²) < 4.78 is 25.3. The second-order valence-electron chi connectivity index (χ2n) is 2.38. The minimum absolute atomic E-state index is 0.545. The van der Waals surface area contributed by atoms with E-state index in [0.717, 1.165) is 12.1 Å². The average molecular weight is 166 g/mol. The van der Waals surface area contributed by atoms with Crippen LogP contribution < -0.4 is 0 Å². The smallest absolute Gasteiger partial charge is 0.159 e. The Labute approximate surface area is 66.9 Å². The predicted molar refractivity (Wildman–Crippen MR) is 39.5 cm³/mol. The van der Waals surface area contributed by atoms with Gasteiger partial charge in [-0.05, 0) is 12.1 Å². The first kappa shape index (κ1) is 7.09. The molecule has 1 aromatic carbocycles. The molecular weight excluding hydrogens is 162 g/mol. The molecule has 12 heavy (non-hydrogen) atoms. The molecule has 0 bridgehead atoms. The molecule has 0 atom stereocenters. The van der Waals surface area contributed by atoms with Gasteiger partial charge in [0.1, 0.15) is 0 Å². The standard InChI is InChI=1S/C8H4F2N2/c9-7-1-5-3-11-12-4-6(5)2-8(7)10/h1-4H. The molecule has 2 rings (SSSR count). The number of aromatic nitrogens is 2. The number of halogens is 2. The molecule has 0 aliphatic carbocycles. The van der Waals surface area contributed by atoms with Crippen molar-refractivity contribution < 1.29 is 8.78 Å². The van der Waals surface area contributed by atoms with Crippen LogP contribution >= 0.6 is 0 Å². The quantitative estimate of drug-likeness (QED) is 0.597. The summed E-state index contributed by atoms with van der Waals surface area (Å²) in [4.78, 5) is 0. The highest BCUT2D eigenvalue weighted by Gasteiger charge is 2.02. The van der Waals surface area contributed by atoms with E-state index in [1.165, 1.54) is 12.4 Å². The SMILES string of the molecule is Fc1cc2cnncc2cc1F. The Kier molecular flexibility index (Phi) is 1.46. The Morgan fingerprint density at radius 1 is 0.833 bits per heavy atom. The van der Waals surface area contributed by atoms with Crippen LogP contribution in [0.25, 0.3) is 10.8 Å². The van der Waals surface area contributed by atoms with Gasteiger partial charge in [-0.2, -0.15) is 10.2 Å².